The lowest BCUT2D eigenvalue weighted by atomic mass is 10.0. The Morgan fingerprint density at radius 2 is 2.06 bits per heavy atom. The van der Waals surface area contributed by atoms with Crippen LogP contribution in [0.25, 0.3) is 0 Å². The van der Waals surface area contributed by atoms with Crippen LogP contribution in [0.2, 0.25) is 0 Å². The molecule has 0 bridgehead atoms. The third-order valence-electron chi connectivity index (χ3n) is 3.15. The van der Waals surface area contributed by atoms with Crippen molar-refractivity contribution in [1.29, 1.82) is 0 Å². The van der Waals surface area contributed by atoms with Crippen LogP contribution in [-0.4, -0.2) is 28.5 Å². The number of nitrogens with zero attached hydrogens (tertiary/aromatic N) is 2. The molecule has 18 heavy (non-hydrogen) atoms. The summed E-state index contributed by atoms with van der Waals surface area (Å²) in [6.07, 6.45) is 1.97. The van der Waals surface area contributed by atoms with Gasteiger partial charge in [-0.05, 0) is 19.4 Å². The highest BCUT2D eigenvalue weighted by Gasteiger charge is 2.16. The number of hydrogen-bond acceptors (Lipinski definition) is 5. The largest absolute Gasteiger partial charge is 0.339 e. The van der Waals surface area contributed by atoms with Crippen LogP contribution in [0.3, 0.4) is 0 Å². The second-order valence-corrected chi connectivity index (χ2v) is 6.40. The molecule has 0 amide bonds. The van der Waals surface area contributed by atoms with Gasteiger partial charge in [-0.3, -0.25) is 0 Å². The van der Waals surface area contributed by atoms with Crippen LogP contribution in [0.4, 0.5) is 0 Å². The van der Waals surface area contributed by atoms with E-state index < -0.39 is 0 Å². The van der Waals surface area contributed by atoms with Gasteiger partial charge in [0.2, 0.25) is 5.89 Å². The molecule has 5 heteroatoms. The minimum Gasteiger partial charge on any atom is -0.339 e. The van der Waals surface area contributed by atoms with Crippen molar-refractivity contribution in [3.05, 3.63) is 11.7 Å². The Morgan fingerprint density at radius 3 is 2.61 bits per heavy atom. The van der Waals surface area contributed by atoms with Gasteiger partial charge in [-0.15, -0.1) is 0 Å². The van der Waals surface area contributed by atoms with E-state index in [0.717, 1.165) is 23.9 Å². The Bertz CT molecular complexity index is 341. The quantitative estimate of drug-likeness (QED) is 0.788. The minimum atomic E-state index is 0.389. The zero-order valence-electron chi connectivity index (χ0n) is 12.1. The number of thioether (sulfide) groups is 1. The van der Waals surface area contributed by atoms with E-state index in [1.807, 2.05) is 18.8 Å². The zero-order valence-corrected chi connectivity index (χ0v) is 12.9. The summed E-state index contributed by atoms with van der Waals surface area (Å²) < 4.78 is 5.30. The second-order valence-electron chi connectivity index (χ2n) is 4.98. The lowest BCUT2D eigenvalue weighted by molar-refractivity contribution is 0.333. The van der Waals surface area contributed by atoms with Crippen LogP contribution in [0.1, 0.15) is 45.8 Å². The molecule has 2 unspecified atom stereocenters. The van der Waals surface area contributed by atoms with Crippen molar-refractivity contribution in [3.63, 3.8) is 0 Å². The molecule has 0 fully saturated rings. The van der Waals surface area contributed by atoms with E-state index in [0.29, 0.717) is 17.2 Å². The average Bonchev–Trinajstić information content (AvgIpc) is 2.80. The first kappa shape index (κ1) is 15.5. The Hall–Kier alpha value is -0.550. The van der Waals surface area contributed by atoms with Gasteiger partial charge in [0.25, 0.3) is 0 Å². The maximum absolute atomic E-state index is 5.30. The van der Waals surface area contributed by atoms with Gasteiger partial charge in [0, 0.05) is 17.7 Å². The van der Waals surface area contributed by atoms with E-state index in [1.165, 1.54) is 6.42 Å². The van der Waals surface area contributed by atoms with Gasteiger partial charge in [-0.25, -0.2) is 0 Å². The van der Waals surface area contributed by atoms with Crippen molar-refractivity contribution in [3.8, 4) is 0 Å². The minimum absolute atomic E-state index is 0.389. The summed E-state index contributed by atoms with van der Waals surface area (Å²) in [7, 11) is 1.97. The number of aromatic nitrogens is 2. The summed E-state index contributed by atoms with van der Waals surface area (Å²) in [6.45, 7) is 8.80. The molecule has 1 N–H and O–H groups in total. The van der Waals surface area contributed by atoms with Crippen molar-refractivity contribution in [2.75, 3.05) is 7.05 Å². The first-order valence-corrected chi connectivity index (χ1v) is 7.72. The lowest BCUT2D eigenvalue weighted by Gasteiger charge is -2.17. The van der Waals surface area contributed by atoms with Gasteiger partial charge in [0.15, 0.2) is 5.82 Å². The molecule has 0 aliphatic heterocycles. The van der Waals surface area contributed by atoms with Crippen LogP contribution in [0.15, 0.2) is 4.52 Å². The molecular weight excluding hydrogens is 246 g/mol. The van der Waals surface area contributed by atoms with Gasteiger partial charge >= 0.3 is 0 Å². The molecule has 0 radical (unpaired) electrons. The topological polar surface area (TPSA) is 51.0 Å². The van der Waals surface area contributed by atoms with E-state index >= 15 is 0 Å². The molecule has 4 nitrogen and oxygen atoms in total. The van der Waals surface area contributed by atoms with E-state index in [4.69, 9.17) is 4.52 Å². The fraction of sp³-hybridized carbons (Fsp3) is 0.846. The zero-order chi connectivity index (χ0) is 13.5. The molecule has 2 atom stereocenters. The highest BCUT2D eigenvalue weighted by atomic mass is 32.2. The summed E-state index contributed by atoms with van der Waals surface area (Å²) in [5, 5.41) is 7.97. The normalized spacial score (nSPS) is 15.0. The van der Waals surface area contributed by atoms with Crippen LogP contribution < -0.4 is 5.32 Å². The predicted molar refractivity (Wildman–Crippen MR) is 76.7 cm³/mol. The Kier molecular flexibility index (Phi) is 6.71. The summed E-state index contributed by atoms with van der Waals surface area (Å²) in [4.78, 5) is 4.45. The Morgan fingerprint density at radius 1 is 1.33 bits per heavy atom. The molecule has 0 spiro atoms. The van der Waals surface area contributed by atoms with Crippen LogP contribution in [-0.2, 0) is 12.2 Å². The van der Waals surface area contributed by atoms with Crippen molar-refractivity contribution in [2.24, 2.45) is 5.92 Å². The maximum atomic E-state index is 5.30. The van der Waals surface area contributed by atoms with E-state index in [9.17, 15) is 0 Å². The molecule has 0 saturated carbocycles. The second kappa shape index (κ2) is 7.79. The molecule has 1 heterocycles. The van der Waals surface area contributed by atoms with Crippen LogP contribution in [0, 0.1) is 5.92 Å². The average molecular weight is 271 g/mol. The summed E-state index contributed by atoms with van der Waals surface area (Å²) in [6, 6.07) is 0.389. The fourth-order valence-electron chi connectivity index (χ4n) is 1.63. The van der Waals surface area contributed by atoms with E-state index in [1.54, 1.807) is 0 Å². The van der Waals surface area contributed by atoms with Gasteiger partial charge in [0.05, 0.1) is 5.75 Å². The van der Waals surface area contributed by atoms with Crippen molar-refractivity contribution in [2.45, 2.75) is 57.6 Å². The van der Waals surface area contributed by atoms with Gasteiger partial charge in [0.1, 0.15) is 0 Å². The molecule has 1 rings (SSSR count). The van der Waals surface area contributed by atoms with Gasteiger partial charge in [-0.2, -0.15) is 16.7 Å². The van der Waals surface area contributed by atoms with Gasteiger partial charge < -0.3 is 9.84 Å². The predicted octanol–water partition coefficient (Wildman–Crippen LogP) is 2.89. The summed E-state index contributed by atoms with van der Waals surface area (Å²) in [5.41, 5.74) is 0. The number of hydrogen-bond donors (Lipinski definition) is 1. The lowest BCUT2D eigenvalue weighted by Crippen LogP contribution is -2.32. The standard InChI is InChI=1S/C13H25N3OS/c1-6-10(4)18-8-12-15-13(17-16-12)7-11(14-5)9(2)3/h9-11,14H,6-8H2,1-5H3. The Balaban J connectivity index is 2.47. The SMILES string of the molecule is CCC(C)SCc1noc(CC(NC)C(C)C)n1. The molecule has 1 aromatic rings. The first-order valence-electron chi connectivity index (χ1n) is 6.67. The molecule has 0 saturated heterocycles. The van der Waals surface area contributed by atoms with Gasteiger partial charge in [-0.1, -0.05) is 32.9 Å². The molecule has 104 valence electrons. The van der Waals surface area contributed by atoms with Crippen molar-refractivity contribution in [1.82, 2.24) is 15.5 Å². The molecule has 0 aliphatic rings. The summed E-state index contributed by atoms with van der Waals surface area (Å²) in [5.74, 6) is 2.95. The monoisotopic (exact) mass is 271 g/mol. The van der Waals surface area contributed by atoms with Crippen molar-refractivity contribution < 1.29 is 4.52 Å². The highest BCUT2D eigenvalue weighted by Crippen LogP contribution is 2.18. The highest BCUT2D eigenvalue weighted by molar-refractivity contribution is 7.99. The smallest absolute Gasteiger partial charge is 0.228 e. The molecule has 0 aromatic carbocycles. The maximum Gasteiger partial charge on any atom is 0.228 e. The van der Waals surface area contributed by atoms with Crippen LogP contribution in [0.5, 0.6) is 0 Å². The summed E-state index contributed by atoms with van der Waals surface area (Å²) >= 11 is 1.87. The molecule has 0 aliphatic carbocycles. The molecule has 1 aromatic heterocycles. The first-order chi connectivity index (χ1) is 8.56. The number of likely N-dealkylation sites (N-methyl/N-ethyl adjacent to an activating group) is 1. The molecular formula is C13H25N3OS. The number of rotatable bonds is 8. The Labute approximate surface area is 114 Å². The third-order valence-corrected chi connectivity index (χ3v) is 4.48. The van der Waals surface area contributed by atoms with Crippen molar-refractivity contribution >= 4 is 11.8 Å². The third kappa shape index (κ3) is 4.98. The van der Waals surface area contributed by atoms with E-state index in [-0.39, 0.29) is 0 Å². The fourth-order valence-corrected chi connectivity index (χ4v) is 2.41. The van der Waals surface area contributed by atoms with E-state index in [2.05, 4.69) is 43.2 Å². The van der Waals surface area contributed by atoms with Crippen LogP contribution >= 0.6 is 11.8 Å². The number of nitrogens with one attached hydrogen (secondary N) is 1.